The molecule has 0 saturated heterocycles. The summed E-state index contributed by atoms with van der Waals surface area (Å²) in [4.78, 5) is 0. The second-order valence-corrected chi connectivity index (χ2v) is 5.42. The van der Waals surface area contributed by atoms with Crippen molar-refractivity contribution in [2.75, 3.05) is 0 Å². The zero-order valence-corrected chi connectivity index (χ0v) is 10.8. The van der Waals surface area contributed by atoms with Gasteiger partial charge in [0.05, 0.1) is 6.10 Å². The number of benzene rings is 3. The number of aliphatic hydroxyl groups excluding tert-OH is 1. The van der Waals surface area contributed by atoms with E-state index in [0.717, 1.165) is 24.8 Å². The molecule has 1 unspecified atom stereocenters. The monoisotopic (exact) mass is 264 g/mol. The highest BCUT2D eigenvalue weighted by atomic mass is 16.3. The van der Waals surface area contributed by atoms with Gasteiger partial charge >= 0.3 is 0 Å². The fraction of sp³-hybridized carbons (Fsp3) is 0.263. The molecule has 0 aromatic heterocycles. The van der Waals surface area contributed by atoms with Crippen molar-refractivity contribution >= 4 is 21.5 Å². The lowest BCUT2D eigenvalue weighted by Gasteiger charge is -2.23. The summed E-state index contributed by atoms with van der Waals surface area (Å²) in [5.41, 5.74) is 2.48. The van der Waals surface area contributed by atoms with Crippen molar-refractivity contribution in [3.05, 3.63) is 59.7 Å². The summed E-state index contributed by atoms with van der Waals surface area (Å²) >= 11 is 0. The molecule has 1 N–H and O–H groups in total. The predicted molar refractivity (Wildman–Crippen MR) is 86.1 cm³/mol. The van der Waals surface area contributed by atoms with Crippen molar-refractivity contribution in [3.8, 4) is 0 Å². The van der Waals surface area contributed by atoms with Gasteiger partial charge in [-0.25, -0.2) is 0 Å². The largest absolute Gasteiger partial charge is 0.388 e. The quantitative estimate of drug-likeness (QED) is 0.566. The number of aliphatic hydroxyl groups is 1. The first-order valence-corrected chi connectivity index (χ1v) is 6.96. The Morgan fingerprint density at radius 2 is 1.65 bits per heavy atom. The maximum Gasteiger partial charge on any atom is 0.0793 e. The van der Waals surface area contributed by atoms with E-state index in [9.17, 15) is 5.11 Å². The molecule has 3 aromatic rings. The van der Waals surface area contributed by atoms with E-state index in [0.29, 0.717) is 0 Å². The number of hydrogen-bond acceptors (Lipinski definition) is 1. The lowest BCUT2D eigenvalue weighted by Crippen LogP contribution is -2.09. The molecule has 0 radical (unpaired) electrons. The molecule has 0 fully saturated rings. The molecule has 0 amide bonds. The van der Waals surface area contributed by atoms with Crippen LogP contribution in [0.4, 0.5) is 0 Å². The van der Waals surface area contributed by atoms with E-state index >= 15 is 0 Å². The lowest BCUT2D eigenvalue weighted by atomic mass is 9.85. The highest BCUT2D eigenvalue weighted by molar-refractivity contribution is 6.08. The van der Waals surface area contributed by atoms with Crippen LogP contribution in [0.5, 0.6) is 0 Å². The third-order valence-corrected chi connectivity index (χ3v) is 4.34. The standard InChI is InChI=1S/C18H16O.CH4/c19-18-7-3-6-14-16-9-8-12-4-1-2-5-13(12)15(16)10-11-17(14)18;/h1-2,4-5,8-11,18-19H,3,6-7H2;1H4. The Labute approximate surface area is 119 Å². The summed E-state index contributed by atoms with van der Waals surface area (Å²) < 4.78 is 0. The molecule has 0 bridgehead atoms. The van der Waals surface area contributed by atoms with Gasteiger partial charge in [-0.3, -0.25) is 0 Å². The van der Waals surface area contributed by atoms with Crippen LogP contribution in [-0.2, 0) is 6.42 Å². The van der Waals surface area contributed by atoms with Crippen molar-refractivity contribution in [2.45, 2.75) is 32.8 Å². The predicted octanol–water partition coefficient (Wildman–Crippen LogP) is 5.00. The Kier molecular flexibility index (Phi) is 3.23. The van der Waals surface area contributed by atoms with Crippen LogP contribution in [-0.4, -0.2) is 5.11 Å². The van der Waals surface area contributed by atoms with Crippen LogP contribution in [0.2, 0.25) is 0 Å². The van der Waals surface area contributed by atoms with Crippen molar-refractivity contribution in [1.29, 1.82) is 0 Å². The van der Waals surface area contributed by atoms with Crippen molar-refractivity contribution in [1.82, 2.24) is 0 Å². The van der Waals surface area contributed by atoms with E-state index in [2.05, 4.69) is 48.5 Å². The Bertz CT molecular complexity index is 773. The smallest absolute Gasteiger partial charge is 0.0793 e. The van der Waals surface area contributed by atoms with E-state index in [1.165, 1.54) is 27.1 Å². The van der Waals surface area contributed by atoms with Gasteiger partial charge in [0.25, 0.3) is 0 Å². The first-order chi connectivity index (χ1) is 9.34. The molecule has 0 saturated carbocycles. The van der Waals surface area contributed by atoms with Gasteiger partial charge in [0, 0.05) is 0 Å². The highest BCUT2D eigenvalue weighted by Crippen LogP contribution is 2.36. The van der Waals surface area contributed by atoms with Crippen molar-refractivity contribution < 1.29 is 5.11 Å². The van der Waals surface area contributed by atoms with E-state index in [1.54, 1.807) is 0 Å². The first-order valence-electron chi connectivity index (χ1n) is 6.96. The van der Waals surface area contributed by atoms with Crippen LogP contribution in [0.15, 0.2) is 48.5 Å². The van der Waals surface area contributed by atoms with Crippen molar-refractivity contribution in [3.63, 3.8) is 0 Å². The van der Waals surface area contributed by atoms with Crippen molar-refractivity contribution in [2.24, 2.45) is 0 Å². The third-order valence-electron chi connectivity index (χ3n) is 4.34. The van der Waals surface area contributed by atoms with Crippen LogP contribution in [0.1, 0.15) is 37.5 Å². The molecule has 1 nitrogen and oxygen atoms in total. The SMILES string of the molecule is C.OC1CCCc2c1ccc1c2ccc2ccccc21. The Hall–Kier alpha value is -1.86. The molecule has 20 heavy (non-hydrogen) atoms. The maximum atomic E-state index is 10.1. The minimum absolute atomic E-state index is 0. The van der Waals surface area contributed by atoms with Crippen LogP contribution in [0.25, 0.3) is 21.5 Å². The Balaban J connectivity index is 0.00000121. The Morgan fingerprint density at radius 1 is 0.850 bits per heavy atom. The van der Waals surface area contributed by atoms with Gasteiger partial charge in [-0.15, -0.1) is 0 Å². The van der Waals surface area contributed by atoms with E-state index in [1.807, 2.05) is 0 Å². The number of hydrogen-bond donors (Lipinski definition) is 1. The molecule has 3 aromatic carbocycles. The molecule has 1 heteroatoms. The van der Waals surface area contributed by atoms with Crippen LogP contribution < -0.4 is 0 Å². The van der Waals surface area contributed by atoms with Crippen LogP contribution >= 0.6 is 0 Å². The summed E-state index contributed by atoms with van der Waals surface area (Å²) in [5, 5.41) is 15.4. The van der Waals surface area contributed by atoms with Gasteiger partial charge in [0.1, 0.15) is 0 Å². The normalized spacial score (nSPS) is 17.8. The molecule has 1 aliphatic rings. The highest BCUT2D eigenvalue weighted by Gasteiger charge is 2.19. The van der Waals surface area contributed by atoms with Gasteiger partial charge in [0.15, 0.2) is 0 Å². The second kappa shape index (κ2) is 4.92. The summed E-state index contributed by atoms with van der Waals surface area (Å²) in [6.07, 6.45) is 2.79. The lowest BCUT2D eigenvalue weighted by molar-refractivity contribution is 0.157. The Morgan fingerprint density at radius 3 is 2.55 bits per heavy atom. The van der Waals surface area contributed by atoms with Crippen LogP contribution in [0.3, 0.4) is 0 Å². The minimum Gasteiger partial charge on any atom is -0.388 e. The number of fused-ring (bicyclic) bond motifs is 5. The molecule has 1 atom stereocenters. The topological polar surface area (TPSA) is 20.2 Å². The van der Waals surface area contributed by atoms with Gasteiger partial charge in [-0.1, -0.05) is 56.0 Å². The fourth-order valence-electron chi connectivity index (χ4n) is 3.39. The number of rotatable bonds is 0. The van der Waals surface area contributed by atoms with E-state index in [-0.39, 0.29) is 13.5 Å². The summed E-state index contributed by atoms with van der Waals surface area (Å²) in [6.45, 7) is 0. The molecule has 0 heterocycles. The van der Waals surface area contributed by atoms with E-state index in [4.69, 9.17) is 0 Å². The van der Waals surface area contributed by atoms with Gasteiger partial charge < -0.3 is 5.11 Å². The first kappa shape index (κ1) is 13.1. The molecule has 0 aliphatic heterocycles. The maximum absolute atomic E-state index is 10.1. The summed E-state index contributed by atoms with van der Waals surface area (Å²) in [5.74, 6) is 0. The minimum atomic E-state index is -0.278. The van der Waals surface area contributed by atoms with Crippen LogP contribution in [0, 0.1) is 0 Å². The molecule has 0 spiro atoms. The fourth-order valence-corrected chi connectivity index (χ4v) is 3.39. The van der Waals surface area contributed by atoms with Gasteiger partial charge in [-0.2, -0.15) is 0 Å². The molecular formula is C19H20O. The third kappa shape index (κ3) is 1.82. The average Bonchev–Trinajstić information content (AvgIpc) is 2.47. The summed E-state index contributed by atoms with van der Waals surface area (Å²) in [6, 6.07) is 17.2. The zero-order chi connectivity index (χ0) is 12.8. The molecule has 1 aliphatic carbocycles. The van der Waals surface area contributed by atoms with E-state index < -0.39 is 0 Å². The summed E-state index contributed by atoms with van der Waals surface area (Å²) in [7, 11) is 0. The van der Waals surface area contributed by atoms with Gasteiger partial charge in [-0.05, 0) is 51.9 Å². The average molecular weight is 264 g/mol. The van der Waals surface area contributed by atoms with Gasteiger partial charge in [0.2, 0.25) is 0 Å². The molecular weight excluding hydrogens is 244 g/mol. The molecule has 4 rings (SSSR count). The number of aryl methyl sites for hydroxylation is 1. The second-order valence-electron chi connectivity index (χ2n) is 5.42. The zero-order valence-electron chi connectivity index (χ0n) is 10.8. The molecule has 102 valence electrons.